The minimum Gasteiger partial charge on any atom is -0.484 e. The summed E-state index contributed by atoms with van der Waals surface area (Å²) in [5.41, 5.74) is 4.84. The van der Waals surface area contributed by atoms with Gasteiger partial charge in [-0.1, -0.05) is 30.3 Å². The zero-order valence-electron chi connectivity index (χ0n) is 18.8. The fourth-order valence-corrected chi connectivity index (χ4v) is 4.60. The minimum absolute atomic E-state index is 0.0655. The number of likely N-dealkylation sites (tertiary alicyclic amines) is 1. The number of amides is 1. The Morgan fingerprint density at radius 1 is 1.00 bits per heavy atom. The van der Waals surface area contributed by atoms with Crippen LogP contribution in [0.5, 0.6) is 5.75 Å². The first-order valence-corrected chi connectivity index (χ1v) is 11.4. The van der Waals surface area contributed by atoms with Crippen molar-refractivity contribution in [3.8, 4) is 5.75 Å². The van der Waals surface area contributed by atoms with Crippen molar-refractivity contribution in [3.63, 3.8) is 0 Å². The molecule has 1 aliphatic heterocycles. The van der Waals surface area contributed by atoms with Crippen molar-refractivity contribution in [2.45, 2.75) is 33.2 Å². The number of piperidine rings is 1. The normalized spacial score (nSPS) is 14.9. The van der Waals surface area contributed by atoms with Gasteiger partial charge >= 0.3 is 0 Å². The van der Waals surface area contributed by atoms with Crippen molar-refractivity contribution >= 4 is 27.7 Å². The van der Waals surface area contributed by atoms with E-state index >= 15 is 0 Å². The molecule has 5 heteroatoms. The number of imidazole rings is 1. The van der Waals surface area contributed by atoms with Gasteiger partial charge in [0.15, 0.2) is 6.61 Å². The van der Waals surface area contributed by atoms with Gasteiger partial charge in [0.2, 0.25) is 0 Å². The van der Waals surface area contributed by atoms with Gasteiger partial charge in [0.1, 0.15) is 5.75 Å². The fourth-order valence-electron chi connectivity index (χ4n) is 4.60. The third-order valence-corrected chi connectivity index (χ3v) is 6.74. The van der Waals surface area contributed by atoms with Crippen molar-refractivity contribution in [1.29, 1.82) is 0 Å². The van der Waals surface area contributed by atoms with Gasteiger partial charge in [0.25, 0.3) is 5.91 Å². The number of fused-ring (bicyclic) bond motifs is 2. The molecular weight excluding hydrogens is 398 g/mol. The molecule has 164 valence electrons. The Hall–Kier alpha value is -3.34. The fraction of sp³-hybridized carbons (Fsp3) is 0.333. The van der Waals surface area contributed by atoms with Crippen LogP contribution in [-0.4, -0.2) is 40.1 Å². The van der Waals surface area contributed by atoms with E-state index in [9.17, 15) is 4.79 Å². The van der Waals surface area contributed by atoms with Crippen LogP contribution in [0.1, 0.15) is 24.0 Å². The topological polar surface area (TPSA) is 47.4 Å². The summed E-state index contributed by atoms with van der Waals surface area (Å²) in [5, 5.41) is 2.29. The SMILES string of the molecule is Cc1cc2ncn(CC3CCN(C(=O)COc4ccc5ccccc5c4)CC3)c2cc1C. The first-order valence-electron chi connectivity index (χ1n) is 11.4. The molecule has 0 unspecified atom stereocenters. The molecule has 0 spiro atoms. The maximum Gasteiger partial charge on any atom is 0.260 e. The van der Waals surface area contributed by atoms with Crippen LogP contribution in [0.2, 0.25) is 0 Å². The highest BCUT2D eigenvalue weighted by atomic mass is 16.5. The molecular formula is C27H29N3O2. The Labute approximate surface area is 188 Å². The Morgan fingerprint density at radius 2 is 1.75 bits per heavy atom. The van der Waals surface area contributed by atoms with Gasteiger partial charge in [0.05, 0.1) is 17.4 Å². The number of aromatic nitrogens is 2. The lowest BCUT2D eigenvalue weighted by atomic mass is 9.96. The molecule has 0 N–H and O–H groups in total. The Bertz CT molecular complexity index is 1270. The van der Waals surface area contributed by atoms with Gasteiger partial charge in [-0.2, -0.15) is 0 Å². The molecule has 3 aromatic carbocycles. The smallest absolute Gasteiger partial charge is 0.260 e. The third kappa shape index (κ3) is 4.20. The molecule has 0 aliphatic carbocycles. The zero-order valence-corrected chi connectivity index (χ0v) is 18.8. The van der Waals surface area contributed by atoms with Gasteiger partial charge in [-0.05, 0) is 78.8 Å². The van der Waals surface area contributed by atoms with Crippen LogP contribution in [0.15, 0.2) is 60.9 Å². The van der Waals surface area contributed by atoms with Crippen molar-refractivity contribution in [3.05, 3.63) is 72.1 Å². The molecule has 5 nitrogen and oxygen atoms in total. The summed E-state index contributed by atoms with van der Waals surface area (Å²) < 4.78 is 8.08. The van der Waals surface area contributed by atoms with E-state index in [0.29, 0.717) is 5.92 Å². The number of hydrogen-bond donors (Lipinski definition) is 0. The zero-order chi connectivity index (χ0) is 22.1. The average molecular weight is 428 g/mol. The molecule has 1 aromatic heterocycles. The van der Waals surface area contributed by atoms with Crippen molar-refractivity contribution < 1.29 is 9.53 Å². The van der Waals surface area contributed by atoms with Crippen LogP contribution >= 0.6 is 0 Å². The number of carbonyl (C=O) groups is 1. The van der Waals surface area contributed by atoms with E-state index in [0.717, 1.165) is 49.1 Å². The summed E-state index contributed by atoms with van der Waals surface area (Å²) >= 11 is 0. The van der Waals surface area contributed by atoms with E-state index in [1.807, 2.05) is 41.6 Å². The molecule has 1 saturated heterocycles. The second-order valence-corrected chi connectivity index (χ2v) is 8.94. The molecule has 0 bridgehead atoms. The Kier molecular flexibility index (Phi) is 5.56. The highest BCUT2D eigenvalue weighted by Gasteiger charge is 2.24. The number of aryl methyl sites for hydroxylation is 2. The maximum absolute atomic E-state index is 12.7. The monoisotopic (exact) mass is 427 g/mol. The minimum atomic E-state index is 0.0655. The lowest BCUT2D eigenvalue weighted by Crippen LogP contribution is -2.41. The number of nitrogens with zero attached hydrogens (tertiary/aromatic N) is 3. The number of ether oxygens (including phenoxy) is 1. The molecule has 32 heavy (non-hydrogen) atoms. The summed E-state index contributed by atoms with van der Waals surface area (Å²) in [6.07, 6.45) is 3.97. The van der Waals surface area contributed by atoms with Crippen LogP contribution in [0.25, 0.3) is 21.8 Å². The van der Waals surface area contributed by atoms with Crippen LogP contribution in [0, 0.1) is 19.8 Å². The van der Waals surface area contributed by atoms with Gasteiger partial charge in [-0.25, -0.2) is 4.98 Å². The molecule has 5 rings (SSSR count). The quantitative estimate of drug-likeness (QED) is 0.444. The van der Waals surface area contributed by atoms with Gasteiger partial charge < -0.3 is 14.2 Å². The predicted molar refractivity (Wildman–Crippen MR) is 128 cm³/mol. The highest BCUT2D eigenvalue weighted by Crippen LogP contribution is 2.24. The van der Waals surface area contributed by atoms with Crippen LogP contribution in [0.4, 0.5) is 0 Å². The molecule has 1 fully saturated rings. The van der Waals surface area contributed by atoms with Crippen molar-refractivity contribution in [2.24, 2.45) is 5.92 Å². The molecule has 0 saturated carbocycles. The van der Waals surface area contributed by atoms with E-state index in [2.05, 4.69) is 47.7 Å². The molecule has 1 aliphatic rings. The number of benzene rings is 3. The van der Waals surface area contributed by atoms with Gasteiger partial charge in [-0.3, -0.25) is 4.79 Å². The maximum atomic E-state index is 12.7. The molecule has 2 heterocycles. The van der Waals surface area contributed by atoms with Crippen LogP contribution in [0.3, 0.4) is 0 Å². The van der Waals surface area contributed by atoms with Crippen LogP contribution in [-0.2, 0) is 11.3 Å². The van der Waals surface area contributed by atoms with E-state index in [1.54, 1.807) is 0 Å². The first-order chi connectivity index (χ1) is 15.6. The summed E-state index contributed by atoms with van der Waals surface area (Å²) in [7, 11) is 0. The predicted octanol–water partition coefficient (Wildman–Crippen LogP) is 5.12. The number of rotatable bonds is 5. The number of hydrogen-bond acceptors (Lipinski definition) is 3. The summed E-state index contributed by atoms with van der Waals surface area (Å²) in [6.45, 7) is 6.90. The van der Waals surface area contributed by atoms with E-state index in [-0.39, 0.29) is 12.5 Å². The second-order valence-electron chi connectivity index (χ2n) is 8.94. The number of carbonyl (C=O) groups excluding carboxylic acids is 1. The largest absolute Gasteiger partial charge is 0.484 e. The van der Waals surface area contributed by atoms with Gasteiger partial charge in [0, 0.05) is 19.6 Å². The van der Waals surface area contributed by atoms with E-state index < -0.39 is 0 Å². The standard InChI is InChI=1S/C27H29N3O2/c1-19-13-25-26(14-20(19)2)30(18-28-25)16-21-9-11-29(12-10-21)27(31)17-32-24-8-7-22-5-3-4-6-23(22)15-24/h3-8,13-15,18,21H,9-12,16-17H2,1-2H3. The second kappa shape index (κ2) is 8.65. The summed E-state index contributed by atoms with van der Waals surface area (Å²) in [6, 6.07) is 18.5. The molecule has 1 amide bonds. The first kappa shape index (κ1) is 20.6. The molecule has 0 atom stereocenters. The third-order valence-electron chi connectivity index (χ3n) is 6.74. The van der Waals surface area contributed by atoms with Gasteiger partial charge in [-0.15, -0.1) is 0 Å². The van der Waals surface area contributed by atoms with E-state index in [1.165, 1.54) is 22.0 Å². The summed E-state index contributed by atoms with van der Waals surface area (Å²) in [4.78, 5) is 19.2. The lowest BCUT2D eigenvalue weighted by Gasteiger charge is -2.32. The van der Waals surface area contributed by atoms with E-state index in [4.69, 9.17) is 4.74 Å². The average Bonchev–Trinajstić information content (AvgIpc) is 3.19. The highest BCUT2D eigenvalue weighted by molar-refractivity contribution is 5.84. The summed E-state index contributed by atoms with van der Waals surface area (Å²) in [5.74, 6) is 1.36. The lowest BCUT2D eigenvalue weighted by molar-refractivity contribution is -0.134. The van der Waals surface area contributed by atoms with Crippen molar-refractivity contribution in [2.75, 3.05) is 19.7 Å². The Morgan fingerprint density at radius 3 is 2.56 bits per heavy atom. The molecule has 4 aromatic rings. The van der Waals surface area contributed by atoms with Crippen molar-refractivity contribution in [1.82, 2.24) is 14.5 Å². The molecule has 0 radical (unpaired) electrons. The van der Waals surface area contributed by atoms with Crippen LogP contribution < -0.4 is 4.74 Å². The Balaban J connectivity index is 1.15.